The second-order valence-corrected chi connectivity index (χ2v) is 3.84. The van der Waals surface area contributed by atoms with E-state index >= 15 is 0 Å². The fourth-order valence-corrected chi connectivity index (χ4v) is 1.82. The molecule has 0 bridgehead atoms. The third-order valence-electron chi connectivity index (χ3n) is 2.69. The Balaban J connectivity index is 2.36. The molecule has 0 atom stereocenters. The number of fused-ring (bicyclic) bond motifs is 1. The van der Waals surface area contributed by atoms with Crippen LogP contribution in [0.15, 0.2) is 18.3 Å². The predicted octanol–water partition coefficient (Wildman–Crippen LogP) is 2.52. The van der Waals surface area contributed by atoms with Crippen LogP contribution in [0.1, 0.15) is 12.0 Å². The van der Waals surface area contributed by atoms with Gasteiger partial charge in [0.1, 0.15) is 11.3 Å². The first-order valence-electron chi connectivity index (χ1n) is 5.33. The zero-order valence-corrected chi connectivity index (χ0v) is 9.53. The molecule has 1 aromatic heterocycles. The average molecular weight is 222 g/mol. The first-order chi connectivity index (χ1) is 7.74. The predicted molar refractivity (Wildman–Crippen MR) is 60.9 cm³/mol. The van der Waals surface area contributed by atoms with Crippen LogP contribution in [0.2, 0.25) is 0 Å². The molecule has 2 aromatic rings. The molecule has 1 aromatic carbocycles. The molecule has 1 heterocycles. The third kappa shape index (κ3) is 1.93. The van der Waals surface area contributed by atoms with E-state index in [-0.39, 0.29) is 5.82 Å². The molecule has 2 rings (SSSR count). The Bertz CT molecular complexity index is 493. The van der Waals surface area contributed by atoms with Gasteiger partial charge in [0.05, 0.1) is 6.20 Å². The van der Waals surface area contributed by atoms with Crippen LogP contribution in [-0.4, -0.2) is 23.5 Å². The summed E-state index contributed by atoms with van der Waals surface area (Å²) in [6, 6.07) is 3.27. The number of nitrogens with zero attached hydrogens (tertiary/aromatic N) is 2. The number of aryl methyl sites for hydroxylation is 2. The minimum absolute atomic E-state index is 0.212. The summed E-state index contributed by atoms with van der Waals surface area (Å²) in [4.78, 5) is 0. The Morgan fingerprint density at radius 3 is 3.00 bits per heavy atom. The summed E-state index contributed by atoms with van der Waals surface area (Å²) in [6.45, 7) is 3.30. The van der Waals surface area contributed by atoms with E-state index in [1.807, 2.05) is 6.92 Å². The fraction of sp³-hybridized carbons (Fsp3) is 0.417. The van der Waals surface area contributed by atoms with Crippen molar-refractivity contribution in [3.05, 3.63) is 29.7 Å². The lowest BCUT2D eigenvalue weighted by molar-refractivity contribution is 0.189. The lowest BCUT2D eigenvalue weighted by atomic mass is 10.1. The van der Waals surface area contributed by atoms with Gasteiger partial charge in [0, 0.05) is 25.6 Å². The molecule has 0 aliphatic carbocycles. The first kappa shape index (κ1) is 11.1. The number of rotatable bonds is 4. The average Bonchev–Trinajstić information content (AvgIpc) is 2.69. The van der Waals surface area contributed by atoms with Gasteiger partial charge in [-0.25, -0.2) is 4.39 Å². The zero-order valence-electron chi connectivity index (χ0n) is 9.53. The molecule has 0 spiro atoms. The van der Waals surface area contributed by atoms with Crippen LogP contribution in [-0.2, 0) is 11.3 Å². The Morgan fingerprint density at radius 1 is 1.44 bits per heavy atom. The monoisotopic (exact) mass is 222 g/mol. The standard InChI is InChI=1S/C12H15FN2O/c1-9-4-5-11(13)12-10(9)8-14-15(12)6-3-7-16-2/h4-5,8H,3,6-7H2,1-2H3. The molecule has 0 saturated heterocycles. The SMILES string of the molecule is COCCCn1ncc2c(C)ccc(F)c21. The number of hydrogen-bond acceptors (Lipinski definition) is 2. The van der Waals surface area contributed by atoms with E-state index in [4.69, 9.17) is 4.74 Å². The van der Waals surface area contributed by atoms with Gasteiger partial charge in [0.2, 0.25) is 0 Å². The maximum absolute atomic E-state index is 13.7. The van der Waals surface area contributed by atoms with Crippen LogP contribution in [0.3, 0.4) is 0 Å². The lowest BCUT2D eigenvalue weighted by Gasteiger charge is -2.04. The van der Waals surface area contributed by atoms with Crippen molar-refractivity contribution in [2.24, 2.45) is 0 Å². The number of benzene rings is 1. The number of halogens is 1. The highest BCUT2D eigenvalue weighted by molar-refractivity contribution is 5.82. The highest BCUT2D eigenvalue weighted by Gasteiger charge is 2.09. The molecular formula is C12H15FN2O. The van der Waals surface area contributed by atoms with Gasteiger partial charge in [0.25, 0.3) is 0 Å². The first-order valence-corrected chi connectivity index (χ1v) is 5.33. The molecule has 0 aliphatic rings. The van der Waals surface area contributed by atoms with Gasteiger partial charge in [-0.2, -0.15) is 5.10 Å². The van der Waals surface area contributed by atoms with E-state index in [0.29, 0.717) is 18.7 Å². The maximum atomic E-state index is 13.7. The van der Waals surface area contributed by atoms with E-state index in [1.54, 1.807) is 24.1 Å². The van der Waals surface area contributed by atoms with Gasteiger partial charge in [-0.3, -0.25) is 4.68 Å². The summed E-state index contributed by atoms with van der Waals surface area (Å²) in [7, 11) is 1.66. The number of methoxy groups -OCH3 is 1. The summed E-state index contributed by atoms with van der Waals surface area (Å²) in [5.41, 5.74) is 1.64. The molecule has 0 radical (unpaired) electrons. The van der Waals surface area contributed by atoms with E-state index in [0.717, 1.165) is 17.4 Å². The van der Waals surface area contributed by atoms with Crippen LogP contribution in [0, 0.1) is 12.7 Å². The van der Waals surface area contributed by atoms with Crippen LogP contribution in [0.5, 0.6) is 0 Å². The van der Waals surface area contributed by atoms with Gasteiger partial charge < -0.3 is 4.74 Å². The number of ether oxygens (including phenoxy) is 1. The topological polar surface area (TPSA) is 27.1 Å². The Labute approximate surface area is 93.8 Å². The fourth-order valence-electron chi connectivity index (χ4n) is 1.82. The highest BCUT2D eigenvalue weighted by Crippen LogP contribution is 2.21. The summed E-state index contributed by atoms with van der Waals surface area (Å²) in [6.07, 6.45) is 2.56. The molecule has 86 valence electrons. The van der Waals surface area contributed by atoms with Gasteiger partial charge in [-0.05, 0) is 25.0 Å². The van der Waals surface area contributed by atoms with Crippen molar-refractivity contribution in [1.82, 2.24) is 9.78 Å². The van der Waals surface area contributed by atoms with Crippen molar-refractivity contribution in [3.8, 4) is 0 Å². The van der Waals surface area contributed by atoms with E-state index in [2.05, 4.69) is 5.10 Å². The quantitative estimate of drug-likeness (QED) is 0.743. The molecule has 0 N–H and O–H groups in total. The van der Waals surface area contributed by atoms with E-state index in [1.165, 1.54) is 6.07 Å². The maximum Gasteiger partial charge on any atom is 0.149 e. The third-order valence-corrected chi connectivity index (χ3v) is 2.69. The molecule has 0 saturated carbocycles. The Hall–Kier alpha value is -1.42. The second-order valence-electron chi connectivity index (χ2n) is 3.84. The molecule has 0 aliphatic heterocycles. The summed E-state index contributed by atoms with van der Waals surface area (Å²) in [5, 5.41) is 5.10. The van der Waals surface area contributed by atoms with Gasteiger partial charge in [-0.15, -0.1) is 0 Å². The smallest absolute Gasteiger partial charge is 0.149 e. The van der Waals surface area contributed by atoms with Crippen molar-refractivity contribution in [3.63, 3.8) is 0 Å². The largest absolute Gasteiger partial charge is 0.385 e. The minimum atomic E-state index is -0.212. The highest BCUT2D eigenvalue weighted by atomic mass is 19.1. The van der Waals surface area contributed by atoms with Crippen LogP contribution < -0.4 is 0 Å². The molecule has 16 heavy (non-hydrogen) atoms. The zero-order chi connectivity index (χ0) is 11.5. The van der Waals surface area contributed by atoms with Crippen LogP contribution in [0.25, 0.3) is 10.9 Å². The molecule has 0 amide bonds. The van der Waals surface area contributed by atoms with Crippen molar-refractivity contribution >= 4 is 10.9 Å². The minimum Gasteiger partial charge on any atom is -0.385 e. The normalized spacial score (nSPS) is 11.2. The Kier molecular flexibility index (Phi) is 3.19. The summed E-state index contributed by atoms with van der Waals surface area (Å²) in [5.74, 6) is -0.212. The van der Waals surface area contributed by atoms with Crippen molar-refractivity contribution in [2.45, 2.75) is 19.9 Å². The van der Waals surface area contributed by atoms with Crippen LogP contribution in [0.4, 0.5) is 4.39 Å². The van der Waals surface area contributed by atoms with Gasteiger partial charge in [0.15, 0.2) is 0 Å². The van der Waals surface area contributed by atoms with E-state index in [9.17, 15) is 4.39 Å². The van der Waals surface area contributed by atoms with Gasteiger partial charge in [-0.1, -0.05) is 6.07 Å². The summed E-state index contributed by atoms with van der Waals surface area (Å²) >= 11 is 0. The molecule has 0 unspecified atom stereocenters. The summed E-state index contributed by atoms with van der Waals surface area (Å²) < 4.78 is 20.4. The van der Waals surface area contributed by atoms with Crippen LogP contribution >= 0.6 is 0 Å². The van der Waals surface area contributed by atoms with Crippen molar-refractivity contribution in [2.75, 3.05) is 13.7 Å². The van der Waals surface area contributed by atoms with Gasteiger partial charge >= 0.3 is 0 Å². The molecule has 3 nitrogen and oxygen atoms in total. The molecule has 0 fully saturated rings. The Morgan fingerprint density at radius 2 is 2.25 bits per heavy atom. The van der Waals surface area contributed by atoms with Crippen molar-refractivity contribution < 1.29 is 9.13 Å². The molecular weight excluding hydrogens is 207 g/mol. The molecule has 4 heteroatoms. The van der Waals surface area contributed by atoms with Crippen molar-refractivity contribution in [1.29, 1.82) is 0 Å². The lowest BCUT2D eigenvalue weighted by Crippen LogP contribution is -2.04. The number of aromatic nitrogens is 2. The van der Waals surface area contributed by atoms with E-state index < -0.39 is 0 Å². The number of hydrogen-bond donors (Lipinski definition) is 0. The second kappa shape index (κ2) is 4.61.